The first-order valence-corrected chi connectivity index (χ1v) is 10.1. The van der Waals surface area contributed by atoms with Gasteiger partial charge >= 0.3 is 0 Å². The molecule has 5 rings (SSSR count). The number of hydrogen-bond acceptors (Lipinski definition) is 1. The minimum absolute atomic E-state index is 0.560. The monoisotopic (exact) mass is 376 g/mol. The van der Waals surface area contributed by atoms with Gasteiger partial charge in [-0.25, -0.2) is 0 Å². The van der Waals surface area contributed by atoms with Crippen molar-refractivity contribution in [2.45, 2.75) is 25.0 Å². The fourth-order valence-corrected chi connectivity index (χ4v) is 4.66. The Morgan fingerprint density at radius 1 is 0.448 bits per heavy atom. The van der Waals surface area contributed by atoms with Crippen LogP contribution in [0, 0.1) is 13.8 Å². The van der Waals surface area contributed by atoms with Crippen LogP contribution < -0.4 is 0 Å². The van der Waals surface area contributed by atoms with Crippen molar-refractivity contribution in [1.29, 1.82) is 0 Å². The second-order valence-corrected chi connectivity index (χ2v) is 7.94. The molecule has 0 bridgehead atoms. The lowest BCUT2D eigenvalue weighted by Crippen LogP contribution is -2.25. The lowest BCUT2D eigenvalue weighted by molar-refractivity contribution is 0.300. The van der Waals surface area contributed by atoms with Gasteiger partial charge in [-0.3, -0.25) is 0 Å². The van der Waals surface area contributed by atoms with Crippen LogP contribution >= 0.6 is 0 Å². The summed E-state index contributed by atoms with van der Waals surface area (Å²) in [5, 5.41) is 0. The molecule has 2 unspecified atom stereocenters. The summed E-state index contributed by atoms with van der Waals surface area (Å²) < 4.78 is 6.95. The summed E-state index contributed by atoms with van der Waals surface area (Å²) in [4.78, 5) is 0. The van der Waals surface area contributed by atoms with Gasteiger partial charge in [0.15, 0.2) is 11.2 Å². The highest BCUT2D eigenvalue weighted by atomic mass is 16.6. The molecule has 4 aromatic rings. The van der Waals surface area contributed by atoms with E-state index in [2.05, 4.69) is 123 Å². The summed E-state index contributed by atoms with van der Waals surface area (Å²) in [6.45, 7) is 4.28. The van der Waals surface area contributed by atoms with Gasteiger partial charge in [-0.05, 0) is 36.1 Å². The van der Waals surface area contributed by atoms with Gasteiger partial charge in [-0.15, -0.1) is 0 Å². The Labute approximate surface area is 172 Å². The number of hydrogen-bond donors (Lipinski definition) is 0. The molecular weight excluding hydrogens is 352 g/mol. The van der Waals surface area contributed by atoms with E-state index in [1.807, 2.05) is 0 Å². The second-order valence-electron chi connectivity index (χ2n) is 7.94. The molecule has 1 aliphatic heterocycles. The fourth-order valence-electron chi connectivity index (χ4n) is 4.66. The SMILES string of the molecule is Cc1cccc(C2(c3ccccc3)OC2(c2ccccc2)c2cccc(C)c2)c1. The molecule has 1 nitrogen and oxygen atoms in total. The van der Waals surface area contributed by atoms with Crippen LogP contribution in [0.25, 0.3) is 0 Å². The predicted molar refractivity (Wildman–Crippen MR) is 118 cm³/mol. The van der Waals surface area contributed by atoms with Crippen molar-refractivity contribution in [1.82, 2.24) is 0 Å². The molecule has 0 saturated carbocycles. The van der Waals surface area contributed by atoms with Gasteiger partial charge in [0.1, 0.15) is 0 Å². The maximum Gasteiger partial charge on any atom is 0.157 e. The third-order valence-electron chi connectivity index (χ3n) is 5.97. The Kier molecular flexibility index (Phi) is 4.15. The van der Waals surface area contributed by atoms with E-state index in [1.165, 1.54) is 33.4 Å². The van der Waals surface area contributed by atoms with Gasteiger partial charge in [-0.2, -0.15) is 0 Å². The van der Waals surface area contributed by atoms with Crippen LogP contribution in [-0.4, -0.2) is 0 Å². The van der Waals surface area contributed by atoms with Crippen LogP contribution in [0.2, 0.25) is 0 Å². The van der Waals surface area contributed by atoms with Crippen LogP contribution in [0.3, 0.4) is 0 Å². The molecular formula is C28H24O. The largest absolute Gasteiger partial charge is 0.342 e. The zero-order valence-electron chi connectivity index (χ0n) is 16.8. The highest BCUT2D eigenvalue weighted by Gasteiger charge is 2.73. The minimum atomic E-state index is -0.560. The zero-order valence-corrected chi connectivity index (χ0v) is 16.8. The summed E-state index contributed by atoms with van der Waals surface area (Å²) in [5.74, 6) is 0. The first-order valence-electron chi connectivity index (χ1n) is 10.1. The predicted octanol–water partition coefficient (Wildman–Crippen LogP) is 6.52. The molecule has 4 aromatic carbocycles. The van der Waals surface area contributed by atoms with Crippen LogP contribution in [0.4, 0.5) is 0 Å². The van der Waals surface area contributed by atoms with E-state index >= 15 is 0 Å². The molecule has 1 fully saturated rings. The Hall–Kier alpha value is -3.16. The average molecular weight is 376 g/mol. The molecule has 0 N–H and O–H groups in total. The second kappa shape index (κ2) is 6.72. The lowest BCUT2D eigenvalue weighted by atomic mass is 9.73. The quantitative estimate of drug-likeness (QED) is 0.369. The topological polar surface area (TPSA) is 12.5 Å². The number of epoxide rings is 1. The summed E-state index contributed by atoms with van der Waals surface area (Å²) >= 11 is 0. The van der Waals surface area contributed by atoms with Crippen molar-refractivity contribution in [2.75, 3.05) is 0 Å². The van der Waals surface area contributed by atoms with Crippen molar-refractivity contribution in [2.24, 2.45) is 0 Å². The summed E-state index contributed by atoms with van der Waals surface area (Å²) in [6, 6.07) is 38.7. The van der Waals surface area contributed by atoms with E-state index in [0.717, 1.165) is 0 Å². The molecule has 1 aliphatic rings. The van der Waals surface area contributed by atoms with Gasteiger partial charge in [-0.1, -0.05) is 120 Å². The van der Waals surface area contributed by atoms with E-state index in [9.17, 15) is 0 Å². The van der Waals surface area contributed by atoms with Gasteiger partial charge in [0.05, 0.1) is 0 Å². The molecule has 1 saturated heterocycles. The number of benzene rings is 4. The van der Waals surface area contributed by atoms with Crippen molar-refractivity contribution in [3.8, 4) is 0 Å². The Bertz CT molecular complexity index is 1060. The van der Waals surface area contributed by atoms with E-state index in [-0.39, 0.29) is 0 Å². The molecule has 142 valence electrons. The fraction of sp³-hybridized carbons (Fsp3) is 0.143. The Morgan fingerprint density at radius 3 is 1.21 bits per heavy atom. The third-order valence-corrected chi connectivity index (χ3v) is 5.97. The maximum atomic E-state index is 6.95. The van der Waals surface area contributed by atoms with Gasteiger partial charge in [0, 0.05) is 0 Å². The standard InChI is InChI=1S/C28H24O/c1-21-11-9-17-25(19-21)27(23-13-5-3-6-14-23)28(29-27,24-15-7-4-8-16-24)26-18-10-12-22(2)20-26/h3-20H,1-2H3. The molecule has 0 radical (unpaired) electrons. The van der Waals surface area contributed by atoms with Crippen molar-refractivity contribution in [3.05, 3.63) is 143 Å². The molecule has 0 aromatic heterocycles. The van der Waals surface area contributed by atoms with Crippen LogP contribution in [-0.2, 0) is 15.9 Å². The van der Waals surface area contributed by atoms with E-state index < -0.39 is 11.2 Å². The van der Waals surface area contributed by atoms with Gasteiger partial charge in [0.25, 0.3) is 0 Å². The summed E-state index contributed by atoms with van der Waals surface area (Å²) in [5.41, 5.74) is 6.08. The number of rotatable bonds is 4. The summed E-state index contributed by atoms with van der Waals surface area (Å²) in [6.07, 6.45) is 0. The zero-order chi connectivity index (χ0) is 19.9. The van der Waals surface area contributed by atoms with E-state index in [0.29, 0.717) is 0 Å². The Morgan fingerprint density at radius 2 is 0.828 bits per heavy atom. The normalized spacial score (nSPS) is 23.0. The molecule has 29 heavy (non-hydrogen) atoms. The molecule has 0 amide bonds. The molecule has 1 heterocycles. The third kappa shape index (κ3) is 2.66. The molecule has 0 spiro atoms. The van der Waals surface area contributed by atoms with Gasteiger partial charge < -0.3 is 4.74 Å². The smallest absolute Gasteiger partial charge is 0.157 e. The molecule has 0 aliphatic carbocycles. The van der Waals surface area contributed by atoms with Crippen LogP contribution in [0.15, 0.2) is 109 Å². The molecule has 2 atom stereocenters. The lowest BCUT2D eigenvalue weighted by Gasteiger charge is -2.23. The van der Waals surface area contributed by atoms with Crippen molar-refractivity contribution < 1.29 is 4.74 Å². The van der Waals surface area contributed by atoms with E-state index in [1.54, 1.807) is 0 Å². The maximum absolute atomic E-state index is 6.95. The average Bonchev–Trinajstić information content (AvgIpc) is 3.48. The summed E-state index contributed by atoms with van der Waals surface area (Å²) in [7, 11) is 0. The highest BCUT2D eigenvalue weighted by Crippen LogP contribution is 2.68. The van der Waals surface area contributed by atoms with Crippen LogP contribution in [0.1, 0.15) is 33.4 Å². The number of ether oxygens (including phenoxy) is 1. The minimum Gasteiger partial charge on any atom is -0.342 e. The van der Waals surface area contributed by atoms with Crippen molar-refractivity contribution >= 4 is 0 Å². The van der Waals surface area contributed by atoms with Gasteiger partial charge in [0.2, 0.25) is 0 Å². The highest BCUT2D eigenvalue weighted by molar-refractivity contribution is 5.58. The molecule has 1 heteroatoms. The number of aryl methyl sites for hydroxylation is 2. The van der Waals surface area contributed by atoms with E-state index in [4.69, 9.17) is 4.74 Å². The first-order chi connectivity index (χ1) is 14.2. The Balaban J connectivity index is 1.84. The van der Waals surface area contributed by atoms with Crippen LogP contribution in [0.5, 0.6) is 0 Å². The first kappa shape index (κ1) is 17.9. The van der Waals surface area contributed by atoms with Crippen molar-refractivity contribution in [3.63, 3.8) is 0 Å².